The van der Waals surface area contributed by atoms with Gasteiger partial charge in [0, 0.05) is 18.9 Å². The molecule has 0 unspecified atom stereocenters. The molecule has 4 heteroatoms. The highest BCUT2D eigenvalue weighted by atomic mass is 15.2. The normalized spacial score (nSPS) is 11.3. The molecule has 0 bridgehead atoms. The quantitative estimate of drug-likeness (QED) is 0.806. The zero-order chi connectivity index (χ0) is 12.3. The zero-order valence-corrected chi connectivity index (χ0v) is 10.8. The Balaban J connectivity index is 2.29. The molecule has 0 saturated carbocycles. The Hall–Kier alpha value is -1.58. The average Bonchev–Trinajstić information content (AvgIpc) is 2.74. The van der Waals surface area contributed by atoms with E-state index in [0.717, 1.165) is 30.0 Å². The predicted molar refractivity (Wildman–Crippen MR) is 70.5 cm³/mol. The third-order valence-corrected chi connectivity index (χ3v) is 2.82. The second-order valence-corrected chi connectivity index (χ2v) is 4.61. The molecule has 1 N–H and O–H groups in total. The summed E-state index contributed by atoms with van der Waals surface area (Å²) in [6, 6.07) is 2.12. The van der Waals surface area contributed by atoms with Crippen LogP contribution in [-0.2, 0) is 0 Å². The van der Waals surface area contributed by atoms with Crippen LogP contribution in [0.5, 0.6) is 0 Å². The van der Waals surface area contributed by atoms with Crippen LogP contribution in [0, 0.1) is 0 Å². The Morgan fingerprint density at radius 1 is 1.41 bits per heavy atom. The molecule has 4 nitrogen and oxygen atoms in total. The highest BCUT2D eigenvalue weighted by Crippen LogP contribution is 2.19. The van der Waals surface area contributed by atoms with Gasteiger partial charge in [0.05, 0.1) is 5.69 Å². The van der Waals surface area contributed by atoms with Gasteiger partial charge >= 0.3 is 0 Å². The van der Waals surface area contributed by atoms with Gasteiger partial charge in [0.25, 0.3) is 0 Å². The van der Waals surface area contributed by atoms with Gasteiger partial charge in [-0.3, -0.25) is 0 Å². The lowest BCUT2D eigenvalue weighted by Gasteiger charge is -2.05. The van der Waals surface area contributed by atoms with Crippen molar-refractivity contribution < 1.29 is 0 Å². The second-order valence-electron chi connectivity index (χ2n) is 4.61. The van der Waals surface area contributed by atoms with Crippen molar-refractivity contribution in [3.63, 3.8) is 0 Å². The molecule has 0 aliphatic carbocycles. The first-order valence-corrected chi connectivity index (χ1v) is 6.30. The van der Waals surface area contributed by atoms with Crippen LogP contribution in [0.3, 0.4) is 0 Å². The Morgan fingerprint density at radius 3 is 2.94 bits per heavy atom. The summed E-state index contributed by atoms with van der Waals surface area (Å²) in [4.78, 5) is 4.38. The van der Waals surface area contributed by atoms with Gasteiger partial charge in [-0.05, 0) is 18.4 Å². The third-order valence-electron chi connectivity index (χ3n) is 2.82. The Labute approximate surface area is 102 Å². The van der Waals surface area contributed by atoms with Crippen molar-refractivity contribution >= 4 is 11.3 Å². The van der Waals surface area contributed by atoms with Crippen molar-refractivity contribution in [2.24, 2.45) is 0 Å². The fourth-order valence-electron chi connectivity index (χ4n) is 1.74. The molecule has 92 valence electrons. The van der Waals surface area contributed by atoms with E-state index in [0.29, 0.717) is 5.92 Å². The molecule has 2 heterocycles. The topological polar surface area (TPSA) is 42.2 Å². The number of fused-ring (bicyclic) bond motifs is 1. The number of hydrogen-bond acceptors (Lipinski definition) is 3. The van der Waals surface area contributed by atoms with Crippen molar-refractivity contribution in [3.05, 3.63) is 24.2 Å². The van der Waals surface area contributed by atoms with Gasteiger partial charge in [-0.15, -0.1) is 0 Å². The molecule has 0 aliphatic heterocycles. The maximum Gasteiger partial charge on any atom is 0.152 e. The SMILES string of the molecule is CCCCNc1nccn2nc(C(C)C)cc12. The van der Waals surface area contributed by atoms with E-state index in [-0.39, 0.29) is 0 Å². The number of nitrogens with one attached hydrogen (secondary N) is 1. The van der Waals surface area contributed by atoms with Crippen LogP contribution in [-0.4, -0.2) is 21.1 Å². The van der Waals surface area contributed by atoms with Crippen LogP contribution in [0.1, 0.15) is 45.2 Å². The van der Waals surface area contributed by atoms with E-state index in [4.69, 9.17) is 0 Å². The summed E-state index contributed by atoms with van der Waals surface area (Å²) in [6.45, 7) is 7.45. The minimum Gasteiger partial charge on any atom is -0.368 e. The smallest absolute Gasteiger partial charge is 0.152 e. The monoisotopic (exact) mass is 232 g/mol. The first-order valence-electron chi connectivity index (χ1n) is 6.30. The molecule has 0 amide bonds. The predicted octanol–water partition coefficient (Wildman–Crippen LogP) is 3.06. The summed E-state index contributed by atoms with van der Waals surface area (Å²) in [5.41, 5.74) is 2.17. The summed E-state index contributed by atoms with van der Waals surface area (Å²) in [5, 5.41) is 7.91. The molecular weight excluding hydrogens is 212 g/mol. The van der Waals surface area contributed by atoms with Crippen molar-refractivity contribution in [2.75, 3.05) is 11.9 Å². The largest absolute Gasteiger partial charge is 0.368 e. The summed E-state index contributed by atoms with van der Waals surface area (Å²) in [5.74, 6) is 1.37. The first kappa shape index (κ1) is 11.9. The number of aromatic nitrogens is 3. The molecule has 0 spiro atoms. The summed E-state index contributed by atoms with van der Waals surface area (Å²) < 4.78 is 1.90. The van der Waals surface area contributed by atoms with Gasteiger partial charge in [0.2, 0.25) is 0 Å². The lowest BCUT2D eigenvalue weighted by atomic mass is 10.1. The maximum atomic E-state index is 4.54. The molecular formula is C13H20N4. The van der Waals surface area contributed by atoms with Gasteiger partial charge in [-0.2, -0.15) is 5.10 Å². The van der Waals surface area contributed by atoms with E-state index in [9.17, 15) is 0 Å². The van der Waals surface area contributed by atoms with E-state index in [1.165, 1.54) is 6.42 Å². The van der Waals surface area contributed by atoms with Gasteiger partial charge in [-0.25, -0.2) is 9.50 Å². The van der Waals surface area contributed by atoms with Gasteiger partial charge < -0.3 is 5.32 Å². The van der Waals surface area contributed by atoms with Gasteiger partial charge in [-0.1, -0.05) is 27.2 Å². The second kappa shape index (κ2) is 5.17. The number of nitrogens with zero attached hydrogens (tertiary/aromatic N) is 3. The van der Waals surface area contributed by atoms with E-state index < -0.39 is 0 Å². The molecule has 0 aromatic carbocycles. The number of rotatable bonds is 5. The molecule has 0 saturated heterocycles. The number of anilines is 1. The van der Waals surface area contributed by atoms with Crippen molar-refractivity contribution in [1.29, 1.82) is 0 Å². The number of hydrogen-bond donors (Lipinski definition) is 1. The molecule has 2 aromatic rings. The maximum absolute atomic E-state index is 4.54. The Kier molecular flexibility index (Phi) is 3.61. The standard InChI is InChI=1S/C13H20N4/c1-4-5-6-14-13-12-9-11(10(2)3)16-17(12)8-7-15-13/h7-10H,4-6H2,1-3H3,(H,14,15). The highest BCUT2D eigenvalue weighted by Gasteiger charge is 2.08. The average molecular weight is 232 g/mol. The molecule has 0 fully saturated rings. The Morgan fingerprint density at radius 2 is 2.24 bits per heavy atom. The van der Waals surface area contributed by atoms with Crippen molar-refractivity contribution in [2.45, 2.75) is 39.5 Å². The minimum absolute atomic E-state index is 0.443. The minimum atomic E-state index is 0.443. The van der Waals surface area contributed by atoms with E-state index >= 15 is 0 Å². The number of unbranched alkanes of at least 4 members (excludes halogenated alkanes) is 1. The summed E-state index contributed by atoms with van der Waals surface area (Å²) in [7, 11) is 0. The summed E-state index contributed by atoms with van der Waals surface area (Å²) in [6.07, 6.45) is 6.03. The molecule has 0 aliphatic rings. The van der Waals surface area contributed by atoms with E-state index in [2.05, 4.69) is 42.2 Å². The fraction of sp³-hybridized carbons (Fsp3) is 0.538. The van der Waals surface area contributed by atoms with Crippen LogP contribution in [0.25, 0.3) is 5.52 Å². The van der Waals surface area contributed by atoms with E-state index in [1.54, 1.807) is 6.20 Å². The molecule has 17 heavy (non-hydrogen) atoms. The Bertz CT molecular complexity index is 487. The lowest BCUT2D eigenvalue weighted by molar-refractivity contribution is 0.786. The van der Waals surface area contributed by atoms with Crippen LogP contribution in [0.2, 0.25) is 0 Å². The molecule has 0 atom stereocenters. The van der Waals surface area contributed by atoms with E-state index in [1.807, 2.05) is 10.7 Å². The first-order chi connectivity index (χ1) is 8.22. The van der Waals surface area contributed by atoms with Crippen LogP contribution in [0.15, 0.2) is 18.5 Å². The third kappa shape index (κ3) is 2.57. The van der Waals surface area contributed by atoms with Crippen molar-refractivity contribution in [1.82, 2.24) is 14.6 Å². The van der Waals surface area contributed by atoms with Crippen LogP contribution in [0.4, 0.5) is 5.82 Å². The molecule has 2 rings (SSSR count). The van der Waals surface area contributed by atoms with Gasteiger partial charge in [0.15, 0.2) is 5.82 Å². The lowest BCUT2D eigenvalue weighted by Crippen LogP contribution is -2.04. The molecule has 0 radical (unpaired) electrons. The zero-order valence-electron chi connectivity index (χ0n) is 10.8. The molecule has 2 aromatic heterocycles. The van der Waals surface area contributed by atoms with Crippen LogP contribution < -0.4 is 5.32 Å². The van der Waals surface area contributed by atoms with Crippen molar-refractivity contribution in [3.8, 4) is 0 Å². The van der Waals surface area contributed by atoms with Gasteiger partial charge in [0.1, 0.15) is 5.52 Å². The van der Waals surface area contributed by atoms with Crippen LogP contribution >= 0.6 is 0 Å². The fourth-order valence-corrected chi connectivity index (χ4v) is 1.74. The highest BCUT2D eigenvalue weighted by molar-refractivity contribution is 5.67. The summed E-state index contributed by atoms with van der Waals surface area (Å²) >= 11 is 0.